The van der Waals surface area contributed by atoms with Crippen LogP contribution in [0.5, 0.6) is 11.9 Å². The standard InChI is InChI=1S/C21H18BrClN6O4S2/c1-29(17-3-2-10-34-17)35(30,31)28-19-18(14-4-6-16(23)7-5-14)20(27-13-26-19)32-8-9-33-21-24-11-15(22)12-25-21/h2-7,10-13H,8-9H2,1H3,(H,26,27,28). The third kappa shape index (κ3) is 6.36. The van der Waals surface area contributed by atoms with Crippen LogP contribution in [-0.4, -0.2) is 48.6 Å². The van der Waals surface area contributed by atoms with Gasteiger partial charge < -0.3 is 9.47 Å². The van der Waals surface area contributed by atoms with E-state index in [4.69, 9.17) is 21.1 Å². The van der Waals surface area contributed by atoms with Crippen LogP contribution in [0.25, 0.3) is 11.1 Å². The zero-order valence-electron chi connectivity index (χ0n) is 18.1. The second-order valence-corrected chi connectivity index (χ2v) is 10.8. The van der Waals surface area contributed by atoms with Crippen molar-refractivity contribution in [2.45, 2.75) is 0 Å². The Labute approximate surface area is 219 Å². The predicted octanol–water partition coefficient (Wildman–Crippen LogP) is 4.66. The first-order valence-corrected chi connectivity index (χ1v) is 13.5. The molecule has 0 aliphatic heterocycles. The second kappa shape index (κ2) is 11.2. The Morgan fingerprint density at radius 3 is 2.46 bits per heavy atom. The highest BCUT2D eigenvalue weighted by molar-refractivity contribution is 9.10. The van der Waals surface area contributed by atoms with Crippen LogP contribution in [0.4, 0.5) is 10.8 Å². The Morgan fingerprint density at radius 1 is 1.06 bits per heavy atom. The van der Waals surface area contributed by atoms with Crippen LogP contribution in [-0.2, 0) is 10.2 Å². The fraction of sp³-hybridized carbons (Fsp3) is 0.143. The number of anilines is 2. The monoisotopic (exact) mass is 596 g/mol. The van der Waals surface area contributed by atoms with Crippen molar-refractivity contribution in [2.75, 3.05) is 29.3 Å². The summed E-state index contributed by atoms with van der Waals surface area (Å²) in [6.07, 6.45) is 4.35. The molecule has 0 spiro atoms. The van der Waals surface area contributed by atoms with Gasteiger partial charge in [-0.05, 0) is 51.1 Å². The molecule has 1 N–H and O–H groups in total. The normalized spacial score (nSPS) is 11.2. The lowest BCUT2D eigenvalue weighted by atomic mass is 10.1. The molecule has 3 heterocycles. The predicted molar refractivity (Wildman–Crippen MR) is 138 cm³/mol. The van der Waals surface area contributed by atoms with E-state index in [2.05, 4.69) is 40.6 Å². The smallest absolute Gasteiger partial charge is 0.325 e. The highest BCUT2D eigenvalue weighted by Crippen LogP contribution is 2.35. The number of rotatable bonds is 10. The van der Waals surface area contributed by atoms with Gasteiger partial charge in [0, 0.05) is 24.5 Å². The lowest BCUT2D eigenvalue weighted by Crippen LogP contribution is -2.32. The number of nitrogens with one attached hydrogen (secondary N) is 1. The fourth-order valence-corrected chi connectivity index (χ4v) is 5.03. The minimum absolute atomic E-state index is 0.0536. The van der Waals surface area contributed by atoms with Crippen LogP contribution in [0, 0.1) is 0 Å². The highest BCUT2D eigenvalue weighted by atomic mass is 79.9. The van der Waals surface area contributed by atoms with Crippen LogP contribution in [0.3, 0.4) is 0 Å². The molecular formula is C21H18BrClN6O4S2. The van der Waals surface area contributed by atoms with E-state index in [0.717, 1.165) is 8.78 Å². The maximum atomic E-state index is 13.1. The first-order valence-electron chi connectivity index (χ1n) is 9.98. The molecule has 0 aliphatic carbocycles. The van der Waals surface area contributed by atoms with E-state index in [9.17, 15) is 8.42 Å². The van der Waals surface area contributed by atoms with Gasteiger partial charge >= 0.3 is 16.2 Å². The maximum absolute atomic E-state index is 13.1. The average molecular weight is 598 g/mol. The summed E-state index contributed by atoms with van der Waals surface area (Å²) in [6, 6.07) is 10.5. The summed E-state index contributed by atoms with van der Waals surface area (Å²) in [6.45, 7) is 0.228. The van der Waals surface area contributed by atoms with Gasteiger partial charge in [0.25, 0.3) is 0 Å². The number of halogens is 2. The molecule has 1 aromatic carbocycles. The topological polar surface area (TPSA) is 119 Å². The van der Waals surface area contributed by atoms with Crippen molar-refractivity contribution >= 4 is 59.9 Å². The number of hydrogen-bond acceptors (Lipinski definition) is 9. The van der Waals surface area contributed by atoms with Gasteiger partial charge in [0.2, 0.25) is 5.88 Å². The van der Waals surface area contributed by atoms with Crippen molar-refractivity contribution in [3.63, 3.8) is 0 Å². The van der Waals surface area contributed by atoms with E-state index < -0.39 is 10.2 Å². The van der Waals surface area contributed by atoms with Crippen LogP contribution >= 0.6 is 38.9 Å². The SMILES string of the molecule is CN(c1cccs1)S(=O)(=O)Nc1ncnc(OCCOc2ncc(Br)cn2)c1-c1ccc(Cl)cc1. The summed E-state index contributed by atoms with van der Waals surface area (Å²) in [5.41, 5.74) is 0.964. The lowest BCUT2D eigenvalue weighted by molar-refractivity contribution is 0.202. The quantitative estimate of drug-likeness (QED) is 0.262. The van der Waals surface area contributed by atoms with E-state index >= 15 is 0 Å². The number of thiophene rings is 1. The molecule has 0 saturated heterocycles. The average Bonchev–Trinajstić information content (AvgIpc) is 3.38. The van der Waals surface area contributed by atoms with E-state index in [1.165, 1.54) is 24.7 Å². The molecule has 10 nitrogen and oxygen atoms in total. The Hall–Kier alpha value is -3.00. The fourth-order valence-electron chi connectivity index (χ4n) is 2.84. The first kappa shape index (κ1) is 25.1. The van der Waals surface area contributed by atoms with Crippen molar-refractivity contribution < 1.29 is 17.9 Å². The number of ether oxygens (including phenoxy) is 2. The van der Waals surface area contributed by atoms with E-state index in [-0.39, 0.29) is 30.9 Å². The van der Waals surface area contributed by atoms with Gasteiger partial charge in [0.1, 0.15) is 24.5 Å². The number of hydrogen-bond donors (Lipinski definition) is 1. The summed E-state index contributed by atoms with van der Waals surface area (Å²) in [5.74, 6) is 0.219. The third-order valence-corrected chi connectivity index (χ3v) is 7.59. The van der Waals surface area contributed by atoms with Crippen LogP contribution < -0.4 is 18.5 Å². The zero-order valence-corrected chi connectivity index (χ0v) is 22.1. The molecule has 0 atom stereocenters. The molecule has 0 aliphatic rings. The zero-order chi connectivity index (χ0) is 24.8. The largest absolute Gasteiger partial charge is 0.473 e. The molecular weight excluding hydrogens is 580 g/mol. The van der Waals surface area contributed by atoms with E-state index in [1.807, 2.05) is 0 Å². The number of nitrogens with zero attached hydrogens (tertiary/aromatic N) is 5. The Morgan fingerprint density at radius 2 is 1.77 bits per heavy atom. The number of aromatic nitrogens is 4. The van der Waals surface area contributed by atoms with Gasteiger partial charge in [-0.2, -0.15) is 8.42 Å². The van der Waals surface area contributed by atoms with Crippen molar-refractivity contribution in [2.24, 2.45) is 0 Å². The molecule has 0 saturated carbocycles. The van der Waals surface area contributed by atoms with Gasteiger partial charge in [-0.15, -0.1) is 11.3 Å². The summed E-state index contributed by atoms with van der Waals surface area (Å²) in [7, 11) is -2.53. The van der Waals surface area contributed by atoms with E-state index in [1.54, 1.807) is 54.2 Å². The van der Waals surface area contributed by atoms with Crippen molar-refractivity contribution in [3.8, 4) is 23.0 Å². The van der Waals surface area contributed by atoms with Crippen LogP contribution in [0.15, 0.2) is 65.0 Å². The third-order valence-electron chi connectivity index (χ3n) is 4.50. The highest BCUT2D eigenvalue weighted by Gasteiger charge is 2.24. The molecule has 35 heavy (non-hydrogen) atoms. The minimum Gasteiger partial charge on any atom is -0.473 e. The molecule has 0 amide bonds. The molecule has 0 bridgehead atoms. The molecule has 4 aromatic rings. The Balaban J connectivity index is 1.58. The van der Waals surface area contributed by atoms with Gasteiger partial charge in [-0.25, -0.2) is 29.0 Å². The second-order valence-electron chi connectivity index (χ2n) is 6.82. The van der Waals surface area contributed by atoms with Crippen LogP contribution in [0.1, 0.15) is 0 Å². The van der Waals surface area contributed by atoms with Crippen LogP contribution in [0.2, 0.25) is 5.02 Å². The molecule has 14 heteroatoms. The summed E-state index contributed by atoms with van der Waals surface area (Å²) in [4.78, 5) is 16.5. The lowest BCUT2D eigenvalue weighted by Gasteiger charge is -2.20. The molecule has 0 fully saturated rings. The van der Waals surface area contributed by atoms with Gasteiger partial charge in [0.15, 0.2) is 5.82 Å². The number of benzene rings is 1. The molecule has 0 radical (unpaired) electrons. The molecule has 182 valence electrons. The molecule has 0 unspecified atom stereocenters. The van der Waals surface area contributed by atoms with Gasteiger partial charge in [-0.3, -0.25) is 0 Å². The molecule has 3 aromatic heterocycles. The van der Waals surface area contributed by atoms with E-state index in [0.29, 0.717) is 21.2 Å². The Bertz CT molecular complexity index is 1370. The first-order chi connectivity index (χ1) is 16.8. The minimum atomic E-state index is -3.98. The summed E-state index contributed by atoms with van der Waals surface area (Å²) in [5, 5.41) is 2.86. The van der Waals surface area contributed by atoms with Crippen molar-refractivity contribution in [1.29, 1.82) is 0 Å². The van der Waals surface area contributed by atoms with Crippen molar-refractivity contribution in [1.82, 2.24) is 19.9 Å². The summed E-state index contributed by atoms with van der Waals surface area (Å²) >= 11 is 10.6. The van der Waals surface area contributed by atoms with Gasteiger partial charge in [-0.1, -0.05) is 23.7 Å². The van der Waals surface area contributed by atoms with Gasteiger partial charge in [0.05, 0.1) is 10.0 Å². The van der Waals surface area contributed by atoms with Crippen molar-refractivity contribution in [3.05, 3.63) is 70.0 Å². The Kier molecular flexibility index (Phi) is 8.00. The summed E-state index contributed by atoms with van der Waals surface area (Å²) < 4.78 is 41.8. The molecule has 4 rings (SSSR count). The maximum Gasteiger partial charge on any atom is 0.325 e.